The van der Waals surface area contributed by atoms with Crippen molar-refractivity contribution in [2.45, 2.75) is 31.1 Å². The molecule has 1 amide bonds. The number of amides is 1. The molecule has 5 heteroatoms. The number of carbonyl (C=O) groups excluding carboxylic acids is 1. The fourth-order valence-corrected chi connectivity index (χ4v) is 3.52. The number of rotatable bonds is 6. The van der Waals surface area contributed by atoms with E-state index < -0.39 is 0 Å². The Morgan fingerprint density at radius 2 is 2.10 bits per heavy atom. The first kappa shape index (κ1) is 15.7. The third-order valence-electron chi connectivity index (χ3n) is 3.72. The number of nitrogens with two attached hydrogens (primary N) is 1. The average Bonchev–Trinajstić information content (AvgIpc) is 2.88. The molecule has 20 heavy (non-hydrogen) atoms. The molecule has 0 heterocycles. The van der Waals surface area contributed by atoms with Crippen LogP contribution in [-0.2, 0) is 10.5 Å². The lowest BCUT2D eigenvalue weighted by molar-refractivity contribution is -0.119. The smallest absolute Gasteiger partial charge is 0.230 e. The lowest BCUT2D eigenvalue weighted by atomic mass is 10.0. The number of benzene rings is 1. The highest BCUT2D eigenvalue weighted by Crippen LogP contribution is 2.24. The van der Waals surface area contributed by atoms with Crippen LogP contribution in [0.1, 0.15) is 24.8 Å². The van der Waals surface area contributed by atoms with Crippen LogP contribution in [0.3, 0.4) is 0 Å². The van der Waals surface area contributed by atoms with Crippen molar-refractivity contribution in [1.29, 1.82) is 0 Å². The molecule has 2 atom stereocenters. The Balaban J connectivity index is 1.68. The van der Waals surface area contributed by atoms with Crippen molar-refractivity contribution in [3.63, 3.8) is 0 Å². The van der Waals surface area contributed by atoms with E-state index in [1.165, 1.54) is 12.0 Å². The zero-order chi connectivity index (χ0) is 14.4. The highest BCUT2D eigenvalue weighted by molar-refractivity contribution is 7.99. The van der Waals surface area contributed by atoms with Crippen molar-refractivity contribution in [2.75, 3.05) is 12.3 Å². The van der Waals surface area contributed by atoms with Crippen molar-refractivity contribution in [3.8, 4) is 0 Å². The summed E-state index contributed by atoms with van der Waals surface area (Å²) >= 11 is 7.46. The lowest BCUT2D eigenvalue weighted by Gasteiger charge is -2.19. The maximum absolute atomic E-state index is 11.9. The number of halogens is 1. The van der Waals surface area contributed by atoms with Gasteiger partial charge in [-0.25, -0.2) is 0 Å². The Hall–Kier alpha value is -0.710. The molecule has 0 aromatic heterocycles. The van der Waals surface area contributed by atoms with Crippen LogP contribution in [0.4, 0.5) is 0 Å². The average molecular weight is 313 g/mol. The van der Waals surface area contributed by atoms with E-state index in [2.05, 4.69) is 5.32 Å². The van der Waals surface area contributed by atoms with E-state index in [-0.39, 0.29) is 11.9 Å². The van der Waals surface area contributed by atoms with Crippen LogP contribution in [0.2, 0.25) is 5.02 Å². The second-order valence-electron chi connectivity index (χ2n) is 5.22. The van der Waals surface area contributed by atoms with Gasteiger partial charge in [0.15, 0.2) is 0 Å². The summed E-state index contributed by atoms with van der Waals surface area (Å²) in [7, 11) is 0. The first-order valence-electron chi connectivity index (χ1n) is 7.00. The zero-order valence-corrected chi connectivity index (χ0v) is 13.1. The summed E-state index contributed by atoms with van der Waals surface area (Å²) < 4.78 is 0. The van der Waals surface area contributed by atoms with E-state index >= 15 is 0 Å². The van der Waals surface area contributed by atoms with E-state index in [1.54, 1.807) is 11.8 Å². The fraction of sp³-hybridized carbons (Fsp3) is 0.533. The van der Waals surface area contributed by atoms with Gasteiger partial charge < -0.3 is 11.1 Å². The molecule has 0 radical (unpaired) electrons. The SMILES string of the molecule is NCC1CCCC1NC(=O)CSCc1ccc(Cl)cc1. The summed E-state index contributed by atoms with van der Waals surface area (Å²) in [6.45, 7) is 0.670. The number of thioether (sulfide) groups is 1. The molecule has 0 aliphatic heterocycles. The molecule has 0 bridgehead atoms. The largest absolute Gasteiger partial charge is 0.352 e. The third-order valence-corrected chi connectivity index (χ3v) is 4.98. The maximum atomic E-state index is 11.9. The molecule has 1 fully saturated rings. The molecule has 1 aromatic rings. The lowest BCUT2D eigenvalue weighted by Crippen LogP contribution is -2.40. The van der Waals surface area contributed by atoms with Crippen molar-refractivity contribution < 1.29 is 4.79 Å². The first-order chi connectivity index (χ1) is 9.69. The molecule has 1 aliphatic carbocycles. The van der Waals surface area contributed by atoms with Gasteiger partial charge in [-0.3, -0.25) is 4.79 Å². The van der Waals surface area contributed by atoms with Crippen LogP contribution in [0.15, 0.2) is 24.3 Å². The number of hydrogen-bond acceptors (Lipinski definition) is 3. The minimum absolute atomic E-state index is 0.120. The van der Waals surface area contributed by atoms with Crippen molar-refractivity contribution >= 4 is 29.3 Å². The molecule has 1 aromatic carbocycles. The van der Waals surface area contributed by atoms with Crippen LogP contribution >= 0.6 is 23.4 Å². The number of hydrogen-bond donors (Lipinski definition) is 2. The maximum Gasteiger partial charge on any atom is 0.230 e. The van der Waals surface area contributed by atoms with E-state index in [0.717, 1.165) is 23.6 Å². The molecule has 0 saturated heterocycles. The van der Waals surface area contributed by atoms with Gasteiger partial charge in [-0.1, -0.05) is 30.2 Å². The van der Waals surface area contributed by atoms with Gasteiger partial charge >= 0.3 is 0 Å². The summed E-state index contributed by atoms with van der Waals surface area (Å²) in [6, 6.07) is 8.02. The van der Waals surface area contributed by atoms with E-state index in [0.29, 0.717) is 18.2 Å². The Morgan fingerprint density at radius 3 is 2.80 bits per heavy atom. The number of carbonyl (C=O) groups is 1. The topological polar surface area (TPSA) is 55.1 Å². The molecule has 2 rings (SSSR count). The summed E-state index contributed by atoms with van der Waals surface area (Å²) in [5.74, 6) is 1.90. The molecule has 110 valence electrons. The first-order valence-corrected chi connectivity index (χ1v) is 8.54. The predicted molar refractivity (Wildman–Crippen MR) is 85.9 cm³/mol. The zero-order valence-electron chi connectivity index (χ0n) is 11.5. The van der Waals surface area contributed by atoms with E-state index in [4.69, 9.17) is 17.3 Å². The van der Waals surface area contributed by atoms with Gasteiger partial charge in [0.05, 0.1) is 5.75 Å². The second-order valence-corrected chi connectivity index (χ2v) is 6.64. The minimum Gasteiger partial charge on any atom is -0.352 e. The van der Waals surface area contributed by atoms with E-state index in [9.17, 15) is 4.79 Å². The minimum atomic E-state index is 0.120. The van der Waals surface area contributed by atoms with Gasteiger partial charge in [0.2, 0.25) is 5.91 Å². The number of nitrogens with one attached hydrogen (secondary N) is 1. The molecule has 2 unspecified atom stereocenters. The summed E-state index contributed by atoms with van der Waals surface area (Å²) in [6.07, 6.45) is 3.37. The van der Waals surface area contributed by atoms with Gasteiger partial charge in [0.25, 0.3) is 0 Å². The molecular formula is C15H21ClN2OS. The Labute approximate surface area is 129 Å². The molecule has 3 N–H and O–H groups in total. The highest BCUT2D eigenvalue weighted by Gasteiger charge is 2.26. The second kappa shape index (κ2) is 7.91. The van der Waals surface area contributed by atoms with Crippen LogP contribution in [0.25, 0.3) is 0 Å². The van der Waals surface area contributed by atoms with Gasteiger partial charge in [-0.15, -0.1) is 11.8 Å². The van der Waals surface area contributed by atoms with Crippen molar-refractivity contribution in [1.82, 2.24) is 5.32 Å². The molecule has 1 saturated carbocycles. The molecular weight excluding hydrogens is 292 g/mol. The Bertz CT molecular complexity index is 438. The van der Waals surface area contributed by atoms with Gasteiger partial charge in [-0.05, 0) is 43.0 Å². The van der Waals surface area contributed by atoms with Crippen molar-refractivity contribution in [3.05, 3.63) is 34.9 Å². The van der Waals surface area contributed by atoms with E-state index in [1.807, 2.05) is 24.3 Å². The monoisotopic (exact) mass is 312 g/mol. The highest BCUT2D eigenvalue weighted by atomic mass is 35.5. The van der Waals surface area contributed by atoms with Crippen LogP contribution in [0.5, 0.6) is 0 Å². The Kier molecular flexibility index (Phi) is 6.20. The molecule has 3 nitrogen and oxygen atoms in total. The van der Waals surface area contributed by atoms with Gasteiger partial charge in [0, 0.05) is 16.8 Å². The van der Waals surface area contributed by atoms with Crippen LogP contribution in [-0.4, -0.2) is 24.2 Å². The predicted octanol–water partition coefficient (Wildman–Crippen LogP) is 2.82. The summed E-state index contributed by atoms with van der Waals surface area (Å²) in [5.41, 5.74) is 6.91. The standard InChI is InChI=1S/C15H21ClN2OS/c16-13-6-4-11(5-7-13)9-20-10-15(19)18-14-3-1-2-12(14)8-17/h4-7,12,14H,1-3,8-10,17H2,(H,18,19). The van der Waals surface area contributed by atoms with Crippen LogP contribution < -0.4 is 11.1 Å². The van der Waals surface area contributed by atoms with Crippen molar-refractivity contribution in [2.24, 2.45) is 11.7 Å². The quantitative estimate of drug-likeness (QED) is 0.849. The van der Waals surface area contributed by atoms with Gasteiger partial charge in [-0.2, -0.15) is 0 Å². The third kappa shape index (κ3) is 4.69. The Morgan fingerprint density at radius 1 is 1.35 bits per heavy atom. The molecule has 0 spiro atoms. The summed E-state index contributed by atoms with van der Waals surface area (Å²) in [5, 5.41) is 3.86. The molecule has 1 aliphatic rings. The summed E-state index contributed by atoms with van der Waals surface area (Å²) in [4.78, 5) is 11.9. The van der Waals surface area contributed by atoms with Gasteiger partial charge in [0.1, 0.15) is 0 Å². The normalized spacial score (nSPS) is 21.9. The van der Waals surface area contributed by atoms with Crippen LogP contribution in [0, 0.1) is 5.92 Å². The fourth-order valence-electron chi connectivity index (χ4n) is 2.60.